The van der Waals surface area contributed by atoms with Crippen molar-refractivity contribution in [3.63, 3.8) is 0 Å². The van der Waals surface area contributed by atoms with Crippen LogP contribution in [0.3, 0.4) is 0 Å². The zero-order valence-electron chi connectivity index (χ0n) is 14.0. The Bertz CT molecular complexity index is 878. The van der Waals surface area contributed by atoms with Gasteiger partial charge >= 0.3 is 0 Å². The van der Waals surface area contributed by atoms with Crippen molar-refractivity contribution in [3.8, 4) is 0 Å². The van der Waals surface area contributed by atoms with E-state index in [-0.39, 0.29) is 0 Å². The predicted octanol–water partition coefficient (Wildman–Crippen LogP) is 2.48. The van der Waals surface area contributed by atoms with Gasteiger partial charge in [-0.05, 0) is 37.5 Å². The molecule has 0 atom stereocenters. The summed E-state index contributed by atoms with van der Waals surface area (Å²) in [5.41, 5.74) is 4.28. The summed E-state index contributed by atoms with van der Waals surface area (Å²) >= 11 is 0. The summed E-state index contributed by atoms with van der Waals surface area (Å²) in [6.07, 6.45) is 3.54. The van der Waals surface area contributed by atoms with Crippen LogP contribution in [0.1, 0.15) is 46.9 Å². The van der Waals surface area contributed by atoms with Crippen LogP contribution in [0.4, 0.5) is 5.69 Å². The Labute approximate surface area is 145 Å². The molecule has 0 saturated carbocycles. The van der Waals surface area contributed by atoms with E-state index in [0.29, 0.717) is 16.5 Å². The summed E-state index contributed by atoms with van der Waals surface area (Å²) in [7, 11) is 0. The molecule has 0 aliphatic carbocycles. The Kier molecular flexibility index (Phi) is 3.67. The number of hydrogen-bond acceptors (Lipinski definition) is 4. The molecule has 3 amide bonds. The zero-order valence-corrected chi connectivity index (χ0v) is 14.0. The summed E-state index contributed by atoms with van der Waals surface area (Å²) in [6, 6.07) is 9.20. The van der Waals surface area contributed by atoms with Crippen LogP contribution in [0.15, 0.2) is 30.3 Å². The molecule has 0 aromatic heterocycles. The first-order chi connectivity index (χ1) is 12.1. The second kappa shape index (κ2) is 5.88. The smallest absolute Gasteiger partial charge is 0.280 e. The molecule has 6 heteroatoms. The van der Waals surface area contributed by atoms with E-state index in [2.05, 4.69) is 10.3 Å². The van der Waals surface area contributed by atoms with Gasteiger partial charge in [-0.1, -0.05) is 12.1 Å². The number of piperidine rings is 1. The minimum atomic E-state index is -0.492. The molecular weight excluding hydrogens is 318 g/mol. The number of anilines is 1. The van der Waals surface area contributed by atoms with E-state index in [1.165, 1.54) is 13.3 Å². The van der Waals surface area contributed by atoms with Crippen molar-refractivity contribution in [3.05, 3.63) is 41.5 Å². The Morgan fingerprint density at radius 3 is 2.32 bits per heavy atom. The number of nitrogens with one attached hydrogen (secondary N) is 1. The van der Waals surface area contributed by atoms with Crippen molar-refractivity contribution >= 4 is 34.2 Å². The van der Waals surface area contributed by atoms with Crippen molar-refractivity contribution in [2.45, 2.75) is 26.2 Å². The summed E-state index contributed by atoms with van der Waals surface area (Å²) in [6.45, 7) is 3.24. The van der Waals surface area contributed by atoms with Crippen LogP contribution in [-0.4, -0.2) is 35.8 Å². The number of carbonyl (C=O) groups is 3. The standard InChI is InChI=1S/C19H19N3O3/c1-12(23)20-22-18(24)14-7-5-6-13-16(21-10-3-2-4-11-21)9-8-15(17(13)14)19(22)25/h5-9H,2-4,10-11H2,1H3,(H,20,23). The number of carbonyl (C=O) groups excluding carboxylic acids is 3. The fraction of sp³-hybridized carbons (Fsp3) is 0.316. The van der Waals surface area contributed by atoms with Gasteiger partial charge in [0.2, 0.25) is 5.91 Å². The predicted molar refractivity (Wildman–Crippen MR) is 94.3 cm³/mol. The van der Waals surface area contributed by atoms with Crippen LogP contribution >= 0.6 is 0 Å². The number of amides is 3. The third-order valence-corrected chi connectivity index (χ3v) is 4.85. The van der Waals surface area contributed by atoms with Gasteiger partial charge in [0.25, 0.3) is 11.8 Å². The molecule has 4 rings (SSSR count). The van der Waals surface area contributed by atoms with E-state index in [1.54, 1.807) is 12.1 Å². The van der Waals surface area contributed by atoms with E-state index in [0.717, 1.165) is 42.0 Å². The lowest BCUT2D eigenvalue weighted by atomic mass is 9.93. The number of benzene rings is 2. The normalized spacial score (nSPS) is 17.2. The number of imide groups is 1. The molecule has 2 aliphatic heterocycles. The third-order valence-electron chi connectivity index (χ3n) is 4.85. The molecule has 1 fully saturated rings. The second-order valence-corrected chi connectivity index (χ2v) is 6.52. The van der Waals surface area contributed by atoms with Crippen LogP contribution in [-0.2, 0) is 4.79 Å². The highest BCUT2D eigenvalue weighted by molar-refractivity contribution is 6.27. The maximum atomic E-state index is 12.7. The van der Waals surface area contributed by atoms with Crippen LogP contribution in [0.2, 0.25) is 0 Å². The summed E-state index contributed by atoms with van der Waals surface area (Å²) in [4.78, 5) is 39.1. The van der Waals surface area contributed by atoms with E-state index < -0.39 is 17.7 Å². The van der Waals surface area contributed by atoms with E-state index in [1.807, 2.05) is 18.2 Å². The van der Waals surface area contributed by atoms with Crippen molar-refractivity contribution in [1.82, 2.24) is 10.4 Å². The third kappa shape index (κ3) is 2.45. The molecule has 1 saturated heterocycles. The monoisotopic (exact) mass is 337 g/mol. The quantitative estimate of drug-likeness (QED) is 0.855. The zero-order chi connectivity index (χ0) is 17.6. The summed E-state index contributed by atoms with van der Waals surface area (Å²) < 4.78 is 0. The highest BCUT2D eigenvalue weighted by Gasteiger charge is 2.34. The molecule has 0 spiro atoms. The Balaban J connectivity index is 1.89. The molecule has 2 aromatic carbocycles. The van der Waals surface area contributed by atoms with Crippen LogP contribution in [0.25, 0.3) is 10.8 Å². The van der Waals surface area contributed by atoms with Gasteiger partial charge in [-0.25, -0.2) is 0 Å². The van der Waals surface area contributed by atoms with E-state index in [9.17, 15) is 14.4 Å². The minimum absolute atomic E-state index is 0.444. The minimum Gasteiger partial charge on any atom is -0.371 e. The number of hydrazine groups is 1. The molecule has 2 heterocycles. The van der Waals surface area contributed by atoms with Gasteiger partial charge in [-0.2, -0.15) is 5.01 Å². The summed E-state index contributed by atoms with van der Waals surface area (Å²) in [5.74, 6) is -1.44. The van der Waals surface area contributed by atoms with Gasteiger partial charge in [0.1, 0.15) is 0 Å². The lowest BCUT2D eigenvalue weighted by molar-refractivity contribution is -0.122. The van der Waals surface area contributed by atoms with E-state index >= 15 is 0 Å². The highest BCUT2D eigenvalue weighted by Crippen LogP contribution is 2.36. The van der Waals surface area contributed by atoms with Gasteiger partial charge in [-0.15, -0.1) is 0 Å². The topological polar surface area (TPSA) is 69.7 Å². The first-order valence-corrected chi connectivity index (χ1v) is 8.54. The van der Waals surface area contributed by atoms with Gasteiger partial charge < -0.3 is 4.90 Å². The molecule has 2 aromatic rings. The van der Waals surface area contributed by atoms with Crippen LogP contribution in [0.5, 0.6) is 0 Å². The van der Waals surface area contributed by atoms with Gasteiger partial charge in [0.15, 0.2) is 0 Å². The molecule has 1 N–H and O–H groups in total. The molecule has 0 unspecified atom stereocenters. The lowest BCUT2D eigenvalue weighted by Crippen LogP contribution is -2.51. The largest absolute Gasteiger partial charge is 0.371 e. The Hall–Kier alpha value is -2.89. The average Bonchev–Trinajstić information content (AvgIpc) is 2.63. The van der Waals surface area contributed by atoms with Crippen LogP contribution < -0.4 is 10.3 Å². The molecule has 0 radical (unpaired) electrons. The molecule has 128 valence electrons. The van der Waals surface area contributed by atoms with Gasteiger partial charge in [0.05, 0.1) is 11.1 Å². The van der Waals surface area contributed by atoms with Gasteiger partial charge in [-0.3, -0.25) is 19.8 Å². The van der Waals surface area contributed by atoms with Crippen molar-refractivity contribution in [2.75, 3.05) is 18.0 Å². The summed E-state index contributed by atoms with van der Waals surface area (Å²) in [5, 5.41) is 2.41. The molecular formula is C19H19N3O3. The second-order valence-electron chi connectivity index (χ2n) is 6.52. The maximum Gasteiger partial charge on any atom is 0.280 e. The Morgan fingerprint density at radius 2 is 1.64 bits per heavy atom. The SMILES string of the molecule is CC(=O)NN1C(=O)c2cccc3c(N4CCCCC4)ccc(c23)C1=O. The molecule has 2 aliphatic rings. The molecule has 0 bridgehead atoms. The highest BCUT2D eigenvalue weighted by atomic mass is 16.2. The number of rotatable bonds is 2. The average molecular weight is 337 g/mol. The van der Waals surface area contributed by atoms with Crippen LogP contribution in [0, 0.1) is 0 Å². The first kappa shape index (κ1) is 15.6. The number of hydrogen-bond donors (Lipinski definition) is 1. The number of nitrogens with zero attached hydrogens (tertiary/aromatic N) is 2. The molecule has 6 nitrogen and oxygen atoms in total. The molecule has 25 heavy (non-hydrogen) atoms. The van der Waals surface area contributed by atoms with Crippen molar-refractivity contribution in [2.24, 2.45) is 0 Å². The maximum absolute atomic E-state index is 12.7. The van der Waals surface area contributed by atoms with Crippen molar-refractivity contribution < 1.29 is 14.4 Å². The fourth-order valence-electron chi connectivity index (χ4n) is 3.75. The van der Waals surface area contributed by atoms with Crippen molar-refractivity contribution in [1.29, 1.82) is 0 Å². The lowest BCUT2D eigenvalue weighted by Gasteiger charge is -2.32. The van der Waals surface area contributed by atoms with Gasteiger partial charge in [0, 0.05) is 36.5 Å². The Morgan fingerprint density at radius 1 is 0.960 bits per heavy atom. The fourth-order valence-corrected chi connectivity index (χ4v) is 3.75. The first-order valence-electron chi connectivity index (χ1n) is 8.54. The van der Waals surface area contributed by atoms with E-state index in [4.69, 9.17) is 0 Å².